The fraction of sp³-hybridized carbons (Fsp3) is 0.524. The lowest BCUT2D eigenvalue weighted by atomic mass is 9.88. The number of benzene rings is 1. The van der Waals surface area contributed by atoms with Gasteiger partial charge in [-0.3, -0.25) is 0 Å². The maximum Gasteiger partial charge on any atom is 0.338 e. The van der Waals surface area contributed by atoms with Gasteiger partial charge in [-0.25, -0.2) is 9.59 Å². The average molecular weight is 388 g/mol. The molecule has 152 valence electrons. The molecule has 7 nitrogen and oxygen atoms in total. The van der Waals surface area contributed by atoms with Gasteiger partial charge in [-0.15, -0.1) is 0 Å². The summed E-state index contributed by atoms with van der Waals surface area (Å²) in [6.07, 6.45) is 3.79. The second-order valence-electron chi connectivity index (χ2n) is 7.47. The van der Waals surface area contributed by atoms with Crippen molar-refractivity contribution in [1.82, 2.24) is 10.6 Å². The lowest BCUT2D eigenvalue weighted by Crippen LogP contribution is -2.45. The van der Waals surface area contributed by atoms with Gasteiger partial charge >= 0.3 is 12.0 Å². The van der Waals surface area contributed by atoms with Gasteiger partial charge in [0.25, 0.3) is 0 Å². The summed E-state index contributed by atoms with van der Waals surface area (Å²) >= 11 is 0. The number of ether oxygens (including phenoxy) is 3. The lowest BCUT2D eigenvalue weighted by Gasteiger charge is -2.31. The molecule has 2 aliphatic rings. The van der Waals surface area contributed by atoms with Crippen LogP contribution in [-0.2, 0) is 9.53 Å². The van der Waals surface area contributed by atoms with Crippen molar-refractivity contribution in [2.45, 2.75) is 51.7 Å². The molecule has 1 saturated carbocycles. The zero-order valence-electron chi connectivity index (χ0n) is 16.8. The molecule has 1 fully saturated rings. The summed E-state index contributed by atoms with van der Waals surface area (Å²) in [5.74, 6) is 1.38. The number of rotatable bonds is 5. The molecule has 0 radical (unpaired) electrons. The third-order valence-corrected chi connectivity index (χ3v) is 5.47. The van der Waals surface area contributed by atoms with Crippen LogP contribution < -0.4 is 20.1 Å². The minimum Gasteiger partial charge on any atom is -0.493 e. The Morgan fingerprint density at radius 1 is 1.07 bits per heavy atom. The van der Waals surface area contributed by atoms with Gasteiger partial charge in [0.05, 0.1) is 25.8 Å². The topological polar surface area (TPSA) is 85.9 Å². The third kappa shape index (κ3) is 4.24. The van der Waals surface area contributed by atoms with Crippen LogP contribution in [0.5, 0.6) is 11.5 Å². The smallest absolute Gasteiger partial charge is 0.338 e. The molecular weight excluding hydrogens is 360 g/mol. The van der Waals surface area contributed by atoms with Crippen LogP contribution in [0.4, 0.5) is 4.79 Å². The highest BCUT2D eigenvalue weighted by Gasteiger charge is 2.34. The molecule has 0 aromatic heterocycles. The zero-order chi connectivity index (χ0) is 20.3. The molecule has 1 heterocycles. The Labute approximate surface area is 165 Å². The first-order valence-electron chi connectivity index (χ1n) is 9.64. The van der Waals surface area contributed by atoms with Crippen LogP contribution >= 0.6 is 0 Å². The predicted molar refractivity (Wildman–Crippen MR) is 104 cm³/mol. The summed E-state index contributed by atoms with van der Waals surface area (Å²) in [6, 6.07) is 4.34. The SMILES string of the molecule is COc1ccc(C2NC(=O)NC(C)=C2C(=O)OC2CCC(C)CC2)cc1OC. The third-order valence-electron chi connectivity index (χ3n) is 5.47. The first-order valence-corrected chi connectivity index (χ1v) is 9.64. The molecule has 3 rings (SSSR count). The van der Waals surface area contributed by atoms with Crippen molar-refractivity contribution in [2.75, 3.05) is 14.2 Å². The fourth-order valence-electron chi connectivity index (χ4n) is 3.81. The van der Waals surface area contributed by atoms with Gasteiger partial charge in [-0.05, 0) is 56.2 Å². The molecule has 1 unspecified atom stereocenters. The molecule has 0 spiro atoms. The van der Waals surface area contributed by atoms with Crippen molar-refractivity contribution in [3.8, 4) is 11.5 Å². The van der Waals surface area contributed by atoms with Crippen LogP contribution in [-0.4, -0.2) is 32.3 Å². The summed E-state index contributed by atoms with van der Waals surface area (Å²) in [7, 11) is 3.10. The molecule has 7 heteroatoms. The Morgan fingerprint density at radius 2 is 1.75 bits per heavy atom. The van der Waals surface area contributed by atoms with E-state index in [9.17, 15) is 9.59 Å². The molecule has 2 amide bonds. The van der Waals surface area contributed by atoms with Crippen LogP contribution in [0, 0.1) is 5.92 Å². The number of carbonyl (C=O) groups excluding carboxylic acids is 2. The average Bonchev–Trinajstić information content (AvgIpc) is 2.68. The van der Waals surface area contributed by atoms with Crippen molar-refractivity contribution < 1.29 is 23.8 Å². The molecule has 2 N–H and O–H groups in total. The molecule has 28 heavy (non-hydrogen) atoms. The normalized spacial score (nSPS) is 24.9. The van der Waals surface area contributed by atoms with E-state index in [1.54, 1.807) is 39.3 Å². The predicted octanol–water partition coefficient (Wildman–Crippen LogP) is 3.45. The molecule has 1 atom stereocenters. The number of amides is 2. The van der Waals surface area contributed by atoms with Crippen LogP contribution in [0.1, 0.15) is 51.1 Å². The van der Waals surface area contributed by atoms with Crippen molar-refractivity contribution in [1.29, 1.82) is 0 Å². The number of carbonyl (C=O) groups is 2. The maximum absolute atomic E-state index is 13.0. The maximum atomic E-state index is 13.0. The quantitative estimate of drug-likeness (QED) is 0.755. The van der Waals surface area contributed by atoms with Gasteiger partial charge in [-0.2, -0.15) is 0 Å². The number of esters is 1. The molecule has 1 aliphatic carbocycles. The van der Waals surface area contributed by atoms with E-state index in [2.05, 4.69) is 17.6 Å². The van der Waals surface area contributed by atoms with Crippen LogP contribution in [0.15, 0.2) is 29.5 Å². The van der Waals surface area contributed by atoms with Crippen molar-refractivity contribution in [2.24, 2.45) is 5.92 Å². The number of hydrogen-bond donors (Lipinski definition) is 2. The highest BCUT2D eigenvalue weighted by molar-refractivity contribution is 5.95. The first kappa shape index (κ1) is 20.0. The highest BCUT2D eigenvalue weighted by Crippen LogP contribution is 2.35. The summed E-state index contributed by atoms with van der Waals surface area (Å²) in [5, 5.41) is 5.50. The Morgan fingerprint density at radius 3 is 2.39 bits per heavy atom. The van der Waals surface area contributed by atoms with Crippen LogP contribution in [0.3, 0.4) is 0 Å². The Balaban J connectivity index is 1.87. The van der Waals surface area contributed by atoms with E-state index >= 15 is 0 Å². The van der Waals surface area contributed by atoms with E-state index in [0.717, 1.165) is 31.2 Å². The second-order valence-corrected chi connectivity index (χ2v) is 7.47. The van der Waals surface area contributed by atoms with Crippen LogP contribution in [0.25, 0.3) is 0 Å². The lowest BCUT2D eigenvalue weighted by molar-refractivity contribution is -0.146. The molecule has 1 aromatic rings. The summed E-state index contributed by atoms with van der Waals surface area (Å²) < 4.78 is 16.4. The Bertz CT molecular complexity index is 781. The van der Waals surface area contributed by atoms with E-state index < -0.39 is 12.0 Å². The van der Waals surface area contributed by atoms with Gasteiger partial charge in [0.1, 0.15) is 6.10 Å². The van der Waals surface area contributed by atoms with Gasteiger partial charge in [0, 0.05) is 5.70 Å². The molecule has 1 aromatic carbocycles. The number of hydrogen-bond acceptors (Lipinski definition) is 5. The minimum absolute atomic E-state index is 0.0762. The Hall–Kier alpha value is -2.70. The summed E-state index contributed by atoms with van der Waals surface area (Å²) in [5.41, 5.74) is 1.62. The van der Waals surface area contributed by atoms with E-state index in [1.165, 1.54) is 0 Å². The standard InChI is InChI=1S/C21H28N2O5/c1-12-5-8-15(9-6-12)28-20(24)18-13(2)22-21(25)23-19(18)14-7-10-16(26-3)17(11-14)27-4/h7,10-12,15,19H,5-6,8-9H2,1-4H3,(H2,22,23,25). The van der Waals surface area contributed by atoms with E-state index in [4.69, 9.17) is 14.2 Å². The van der Waals surface area contributed by atoms with E-state index in [-0.39, 0.29) is 12.1 Å². The van der Waals surface area contributed by atoms with E-state index in [0.29, 0.717) is 28.7 Å². The number of methoxy groups -OCH3 is 2. The van der Waals surface area contributed by atoms with Gasteiger partial charge < -0.3 is 24.8 Å². The second kappa shape index (κ2) is 8.54. The van der Waals surface area contributed by atoms with Crippen LogP contribution in [0.2, 0.25) is 0 Å². The summed E-state index contributed by atoms with van der Waals surface area (Å²) in [4.78, 5) is 25.1. The first-order chi connectivity index (χ1) is 13.4. The molecular formula is C21H28N2O5. The zero-order valence-corrected chi connectivity index (χ0v) is 16.8. The molecule has 0 bridgehead atoms. The fourth-order valence-corrected chi connectivity index (χ4v) is 3.81. The minimum atomic E-state index is -0.622. The highest BCUT2D eigenvalue weighted by atomic mass is 16.5. The molecule has 1 aliphatic heterocycles. The largest absolute Gasteiger partial charge is 0.493 e. The monoisotopic (exact) mass is 388 g/mol. The Kier molecular flexibility index (Phi) is 6.11. The molecule has 0 saturated heterocycles. The van der Waals surface area contributed by atoms with Gasteiger partial charge in [0.2, 0.25) is 0 Å². The number of allylic oxidation sites excluding steroid dienone is 1. The van der Waals surface area contributed by atoms with Gasteiger partial charge in [-0.1, -0.05) is 13.0 Å². The number of nitrogens with one attached hydrogen (secondary N) is 2. The van der Waals surface area contributed by atoms with Crippen molar-refractivity contribution in [3.05, 3.63) is 35.0 Å². The van der Waals surface area contributed by atoms with Crippen molar-refractivity contribution in [3.63, 3.8) is 0 Å². The summed E-state index contributed by atoms with van der Waals surface area (Å²) in [6.45, 7) is 3.93. The number of urea groups is 1. The van der Waals surface area contributed by atoms with Crippen molar-refractivity contribution >= 4 is 12.0 Å². The van der Waals surface area contributed by atoms with Gasteiger partial charge in [0.15, 0.2) is 11.5 Å². The van der Waals surface area contributed by atoms with E-state index in [1.807, 2.05) is 0 Å².